The zero-order valence-electron chi connectivity index (χ0n) is 14.7. The van der Waals surface area contributed by atoms with E-state index in [0.29, 0.717) is 23.5 Å². The fraction of sp³-hybridized carbons (Fsp3) is 0.421. The SMILES string of the molecule is Cc1c(C(=O)O)cnn1-c1ccc(C(=O)NC[C@H]2CCCC[C@H]2O)cc1. The number of aliphatic hydroxyl groups is 1. The Kier molecular flexibility index (Phi) is 5.37. The Bertz CT molecular complexity index is 798. The Balaban J connectivity index is 1.65. The number of rotatable bonds is 5. The number of aliphatic hydroxyl groups excluding tert-OH is 1. The average Bonchev–Trinajstić information content (AvgIpc) is 3.02. The number of carbonyl (C=O) groups excluding carboxylic acids is 1. The molecule has 1 heterocycles. The Morgan fingerprint density at radius 3 is 2.54 bits per heavy atom. The van der Waals surface area contributed by atoms with E-state index in [9.17, 15) is 14.7 Å². The minimum Gasteiger partial charge on any atom is -0.478 e. The van der Waals surface area contributed by atoms with E-state index in [2.05, 4.69) is 10.4 Å². The molecule has 1 aromatic heterocycles. The molecule has 0 radical (unpaired) electrons. The van der Waals surface area contributed by atoms with E-state index in [0.717, 1.165) is 25.7 Å². The number of carboxylic acid groups (broad SMARTS) is 1. The fourth-order valence-electron chi connectivity index (χ4n) is 3.39. The maximum Gasteiger partial charge on any atom is 0.339 e. The van der Waals surface area contributed by atoms with E-state index >= 15 is 0 Å². The number of benzene rings is 1. The summed E-state index contributed by atoms with van der Waals surface area (Å²) in [4.78, 5) is 23.4. The molecular formula is C19H23N3O4. The van der Waals surface area contributed by atoms with Crippen LogP contribution in [0.1, 0.15) is 52.1 Å². The van der Waals surface area contributed by atoms with Crippen molar-refractivity contribution in [3.8, 4) is 5.69 Å². The van der Waals surface area contributed by atoms with Crippen LogP contribution in [0.3, 0.4) is 0 Å². The summed E-state index contributed by atoms with van der Waals surface area (Å²) >= 11 is 0. The van der Waals surface area contributed by atoms with Gasteiger partial charge in [0.05, 0.1) is 23.7 Å². The van der Waals surface area contributed by atoms with Gasteiger partial charge < -0.3 is 15.5 Å². The first kappa shape index (κ1) is 18.1. The number of hydrogen-bond donors (Lipinski definition) is 3. The first-order chi connectivity index (χ1) is 12.5. The molecule has 2 atom stereocenters. The van der Waals surface area contributed by atoms with Gasteiger partial charge in [0.25, 0.3) is 5.91 Å². The Morgan fingerprint density at radius 1 is 1.23 bits per heavy atom. The molecule has 7 heteroatoms. The fourth-order valence-corrected chi connectivity index (χ4v) is 3.39. The van der Waals surface area contributed by atoms with Crippen molar-refractivity contribution in [3.05, 3.63) is 47.3 Å². The topological polar surface area (TPSA) is 104 Å². The number of aromatic nitrogens is 2. The summed E-state index contributed by atoms with van der Waals surface area (Å²) in [5.74, 6) is -1.08. The van der Waals surface area contributed by atoms with E-state index in [1.54, 1.807) is 31.2 Å². The van der Waals surface area contributed by atoms with Crippen molar-refractivity contribution in [2.75, 3.05) is 6.54 Å². The number of aromatic carboxylic acids is 1. The summed E-state index contributed by atoms with van der Waals surface area (Å²) in [6, 6.07) is 6.83. The maximum absolute atomic E-state index is 12.3. The maximum atomic E-state index is 12.3. The van der Waals surface area contributed by atoms with Crippen LogP contribution in [0, 0.1) is 12.8 Å². The molecule has 1 aliphatic rings. The highest BCUT2D eigenvalue weighted by Crippen LogP contribution is 2.23. The molecule has 1 saturated carbocycles. The van der Waals surface area contributed by atoms with Gasteiger partial charge in [0.15, 0.2) is 0 Å². The van der Waals surface area contributed by atoms with Gasteiger partial charge in [0.1, 0.15) is 5.56 Å². The molecule has 1 aromatic carbocycles. The van der Waals surface area contributed by atoms with Crippen LogP contribution >= 0.6 is 0 Å². The quantitative estimate of drug-likeness (QED) is 0.761. The molecule has 0 saturated heterocycles. The highest BCUT2D eigenvalue weighted by Gasteiger charge is 2.23. The lowest BCUT2D eigenvalue weighted by molar-refractivity contribution is 0.0661. The standard InChI is InChI=1S/C19H23N3O4/c1-12-16(19(25)26)11-21-22(12)15-8-6-13(7-9-15)18(24)20-10-14-4-2-3-5-17(14)23/h6-9,11,14,17,23H,2-5,10H2,1H3,(H,20,24)(H,25,26)/t14-,17-/m1/s1. The first-order valence-corrected chi connectivity index (χ1v) is 8.82. The second-order valence-corrected chi connectivity index (χ2v) is 6.73. The van der Waals surface area contributed by atoms with Crippen LogP contribution in [0.4, 0.5) is 0 Å². The third-order valence-corrected chi connectivity index (χ3v) is 5.01. The van der Waals surface area contributed by atoms with Crippen LogP contribution in [-0.2, 0) is 0 Å². The van der Waals surface area contributed by atoms with Crippen molar-refractivity contribution >= 4 is 11.9 Å². The van der Waals surface area contributed by atoms with Gasteiger partial charge in [-0.05, 0) is 44.0 Å². The normalized spacial score (nSPS) is 19.9. The minimum atomic E-state index is -1.02. The molecule has 0 unspecified atom stereocenters. The Hall–Kier alpha value is -2.67. The highest BCUT2D eigenvalue weighted by molar-refractivity contribution is 5.94. The highest BCUT2D eigenvalue weighted by atomic mass is 16.4. The van der Waals surface area contributed by atoms with Gasteiger partial charge in [0.2, 0.25) is 0 Å². The van der Waals surface area contributed by atoms with Gasteiger partial charge in [-0.2, -0.15) is 5.10 Å². The number of amides is 1. The summed E-state index contributed by atoms with van der Waals surface area (Å²) < 4.78 is 1.53. The molecule has 0 spiro atoms. The number of nitrogens with zero attached hydrogens (tertiary/aromatic N) is 2. The molecule has 2 aromatic rings. The van der Waals surface area contributed by atoms with Gasteiger partial charge in [0, 0.05) is 18.0 Å². The summed E-state index contributed by atoms with van der Waals surface area (Å²) in [6.07, 6.45) is 4.85. The molecular weight excluding hydrogens is 334 g/mol. The summed E-state index contributed by atoms with van der Waals surface area (Å²) in [5, 5.41) is 26.1. The molecule has 7 nitrogen and oxygen atoms in total. The first-order valence-electron chi connectivity index (χ1n) is 8.82. The van der Waals surface area contributed by atoms with Crippen LogP contribution in [-0.4, -0.2) is 44.5 Å². The molecule has 1 fully saturated rings. The molecule has 26 heavy (non-hydrogen) atoms. The third kappa shape index (κ3) is 3.77. The largest absolute Gasteiger partial charge is 0.478 e. The average molecular weight is 357 g/mol. The van der Waals surface area contributed by atoms with Crippen molar-refractivity contribution in [3.63, 3.8) is 0 Å². The zero-order valence-corrected chi connectivity index (χ0v) is 14.7. The summed E-state index contributed by atoms with van der Waals surface area (Å²) in [5.41, 5.74) is 1.88. The molecule has 0 bridgehead atoms. The van der Waals surface area contributed by atoms with Gasteiger partial charge in [-0.15, -0.1) is 0 Å². The zero-order chi connectivity index (χ0) is 18.7. The van der Waals surface area contributed by atoms with Crippen LogP contribution in [0.15, 0.2) is 30.5 Å². The molecule has 3 rings (SSSR count). The second kappa shape index (κ2) is 7.70. The number of carbonyl (C=O) groups is 2. The number of hydrogen-bond acceptors (Lipinski definition) is 4. The van der Waals surface area contributed by atoms with Crippen molar-refractivity contribution in [1.29, 1.82) is 0 Å². The summed E-state index contributed by atoms with van der Waals surface area (Å²) in [6.45, 7) is 2.16. The van der Waals surface area contributed by atoms with E-state index in [4.69, 9.17) is 5.11 Å². The smallest absolute Gasteiger partial charge is 0.339 e. The van der Waals surface area contributed by atoms with Gasteiger partial charge in [-0.1, -0.05) is 12.8 Å². The van der Waals surface area contributed by atoms with Crippen molar-refractivity contribution in [1.82, 2.24) is 15.1 Å². The van der Waals surface area contributed by atoms with Crippen molar-refractivity contribution in [2.24, 2.45) is 5.92 Å². The van der Waals surface area contributed by atoms with E-state index < -0.39 is 5.97 Å². The lowest BCUT2D eigenvalue weighted by Gasteiger charge is -2.27. The predicted molar refractivity (Wildman–Crippen MR) is 95.6 cm³/mol. The molecule has 1 aliphatic carbocycles. The molecule has 1 amide bonds. The lowest BCUT2D eigenvalue weighted by Crippen LogP contribution is -2.36. The van der Waals surface area contributed by atoms with E-state index in [1.165, 1.54) is 10.9 Å². The Morgan fingerprint density at radius 2 is 1.92 bits per heavy atom. The van der Waals surface area contributed by atoms with Crippen molar-refractivity contribution < 1.29 is 19.8 Å². The lowest BCUT2D eigenvalue weighted by atomic mass is 9.86. The van der Waals surface area contributed by atoms with Crippen molar-refractivity contribution in [2.45, 2.75) is 38.7 Å². The summed E-state index contributed by atoms with van der Waals surface area (Å²) in [7, 11) is 0. The van der Waals surface area contributed by atoms with Gasteiger partial charge in [-0.3, -0.25) is 4.79 Å². The number of nitrogens with one attached hydrogen (secondary N) is 1. The van der Waals surface area contributed by atoms with Gasteiger partial charge in [-0.25, -0.2) is 9.48 Å². The van der Waals surface area contributed by atoms with E-state index in [1.807, 2.05) is 0 Å². The Labute approximate surface area is 151 Å². The molecule has 3 N–H and O–H groups in total. The molecule has 0 aliphatic heterocycles. The monoisotopic (exact) mass is 357 g/mol. The number of carboxylic acids is 1. The van der Waals surface area contributed by atoms with Gasteiger partial charge >= 0.3 is 5.97 Å². The van der Waals surface area contributed by atoms with Crippen LogP contribution in [0.2, 0.25) is 0 Å². The molecule has 138 valence electrons. The van der Waals surface area contributed by atoms with Crippen LogP contribution in [0.25, 0.3) is 5.69 Å². The van der Waals surface area contributed by atoms with Crippen LogP contribution in [0.5, 0.6) is 0 Å². The van der Waals surface area contributed by atoms with E-state index in [-0.39, 0.29) is 23.5 Å². The predicted octanol–water partition coefficient (Wildman–Crippen LogP) is 2.16. The van der Waals surface area contributed by atoms with Crippen LogP contribution < -0.4 is 5.32 Å². The third-order valence-electron chi connectivity index (χ3n) is 5.01. The second-order valence-electron chi connectivity index (χ2n) is 6.73. The minimum absolute atomic E-state index is 0.119.